The lowest BCUT2D eigenvalue weighted by Gasteiger charge is -2.61. The van der Waals surface area contributed by atoms with Crippen molar-refractivity contribution in [2.75, 3.05) is 0 Å². The molecule has 0 aromatic heterocycles. The molecule has 4 rings (SSSR count). The Bertz CT molecular complexity index is 908. The molecule has 0 aliphatic heterocycles. The predicted octanol–water partition coefficient (Wildman–Crippen LogP) is 7.75. The fourth-order valence-corrected chi connectivity index (χ4v) is 9.29. The fourth-order valence-electron chi connectivity index (χ4n) is 9.29. The van der Waals surface area contributed by atoms with Gasteiger partial charge in [0.05, 0.1) is 0 Å². The third kappa shape index (κ3) is 3.50. The van der Waals surface area contributed by atoms with Crippen molar-refractivity contribution in [1.29, 1.82) is 0 Å². The number of carboxylic acids is 1. The van der Waals surface area contributed by atoms with Crippen LogP contribution in [-0.4, -0.2) is 16.9 Å². The molecule has 2 fully saturated rings. The van der Waals surface area contributed by atoms with Crippen LogP contribution >= 0.6 is 0 Å². The van der Waals surface area contributed by atoms with Crippen molar-refractivity contribution >= 4 is 11.8 Å². The molecule has 6 atom stereocenters. The predicted molar refractivity (Wildman–Crippen MR) is 134 cm³/mol. The van der Waals surface area contributed by atoms with E-state index in [9.17, 15) is 9.59 Å². The van der Waals surface area contributed by atoms with Crippen LogP contribution in [0.25, 0.3) is 0 Å². The molecule has 0 radical (unpaired) electrons. The summed E-state index contributed by atoms with van der Waals surface area (Å²) in [7, 11) is 0. The highest BCUT2D eigenvalue weighted by Crippen LogP contribution is 2.72. The number of hydrogen-bond donors (Lipinski definition) is 1. The molecule has 3 nitrogen and oxygen atoms in total. The van der Waals surface area contributed by atoms with Gasteiger partial charge in [-0.25, -0.2) is 4.79 Å². The minimum atomic E-state index is -0.800. The number of carbonyl (C=O) groups is 2. The first-order valence-corrected chi connectivity index (χ1v) is 13.5. The summed E-state index contributed by atoms with van der Waals surface area (Å²) in [4.78, 5) is 23.9. The Labute approximate surface area is 201 Å². The molecule has 2 saturated carbocycles. The Morgan fingerprint density at radius 2 is 1.73 bits per heavy atom. The third-order valence-corrected chi connectivity index (χ3v) is 11.7. The van der Waals surface area contributed by atoms with Crippen molar-refractivity contribution in [3.8, 4) is 0 Å². The van der Waals surface area contributed by atoms with E-state index in [0.29, 0.717) is 34.5 Å². The maximum atomic E-state index is 12.8. The summed E-state index contributed by atoms with van der Waals surface area (Å²) in [6.45, 7) is 16.2. The average molecular weight is 455 g/mol. The molecule has 0 amide bonds. The van der Waals surface area contributed by atoms with Crippen molar-refractivity contribution in [2.45, 2.75) is 113 Å². The molecular weight excluding hydrogens is 408 g/mol. The fraction of sp³-hybridized carbons (Fsp3) is 0.800. The average Bonchev–Trinajstić information content (AvgIpc) is 3.02. The van der Waals surface area contributed by atoms with Gasteiger partial charge in [0, 0.05) is 17.4 Å². The number of carbonyl (C=O) groups excluding carboxylic acids is 1. The van der Waals surface area contributed by atoms with Crippen LogP contribution in [0.2, 0.25) is 0 Å². The third-order valence-electron chi connectivity index (χ3n) is 11.7. The van der Waals surface area contributed by atoms with Gasteiger partial charge >= 0.3 is 5.97 Å². The second-order valence-corrected chi connectivity index (χ2v) is 13.3. The van der Waals surface area contributed by atoms with Crippen molar-refractivity contribution in [1.82, 2.24) is 0 Å². The maximum Gasteiger partial charge on any atom is 0.330 e. The first-order chi connectivity index (χ1) is 15.3. The number of ketones is 1. The highest BCUT2D eigenvalue weighted by molar-refractivity contribution is 5.86. The van der Waals surface area contributed by atoms with Crippen molar-refractivity contribution < 1.29 is 14.7 Å². The molecule has 3 heteroatoms. The number of rotatable bonds is 5. The molecule has 0 aromatic rings. The lowest BCUT2D eigenvalue weighted by Crippen LogP contribution is -2.53. The van der Waals surface area contributed by atoms with Gasteiger partial charge in [0.2, 0.25) is 0 Å². The van der Waals surface area contributed by atoms with Crippen molar-refractivity contribution in [3.05, 3.63) is 22.8 Å². The standard InChI is InChI=1S/C30H46O3/c1-19(9-8-10-20(2)26(32)33)21-13-17-30(7)23-11-12-24-27(3,4)25(31)15-16-28(24,5)22(23)14-18-29(21,30)6/h10,19,21,24H,8-9,11-18H2,1-7H3,(H,32,33)/b20-10-/t19?,21-,24-,28+,29-,30+/m0/s1. The lowest BCUT2D eigenvalue weighted by atomic mass is 9.43. The Morgan fingerprint density at radius 1 is 1.03 bits per heavy atom. The number of allylic oxidation sites excluding steroid dienone is 3. The number of fused-ring (bicyclic) bond motifs is 4. The summed E-state index contributed by atoms with van der Waals surface area (Å²) in [6, 6.07) is 0. The molecular formula is C30H46O3. The second kappa shape index (κ2) is 8.09. The summed E-state index contributed by atoms with van der Waals surface area (Å²) in [6.07, 6.45) is 13.0. The Hall–Kier alpha value is -1.38. The van der Waals surface area contributed by atoms with Gasteiger partial charge in [-0.2, -0.15) is 0 Å². The summed E-state index contributed by atoms with van der Waals surface area (Å²) in [5, 5.41) is 9.16. The topological polar surface area (TPSA) is 54.4 Å². The molecule has 0 bridgehead atoms. The normalized spacial score (nSPS) is 41.3. The van der Waals surface area contributed by atoms with E-state index in [1.54, 1.807) is 18.1 Å². The van der Waals surface area contributed by atoms with Gasteiger partial charge in [0.25, 0.3) is 0 Å². The highest BCUT2D eigenvalue weighted by atomic mass is 16.4. The van der Waals surface area contributed by atoms with Crippen LogP contribution in [0.3, 0.4) is 0 Å². The number of hydrogen-bond acceptors (Lipinski definition) is 2. The molecule has 4 aliphatic rings. The van der Waals surface area contributed by atoms with E-state index < -0.39 is 5.97 Å². The van der Waals surface area contributed by atoms with Crippen LogP contribution in [0.4, 0.5) is 0 Å². The van der Waals surface area contributed by atoms with Gasteiger partial charge in [-0.1, -0.05) is 58.8 Å². The van der Waals surface area contributed by atoms with Crippen LogP contribution in [0.1, 0.15) is 113 Å². The summed E-state index contributed by atoms with van der Waals surface area (Å²) < 4.78 is 0. The molecule has 0 spiro atoms. The van der Waals surface area contributed by atoms with Gasteiger partial charge in [-0.3, -0.25) is 4.79 Å². The zero-order valence-corrected chi connectivity index (χ0v) is 22.1. The SMILES string of the molecule is C/C(=C/CCC(C)[C@@H]1CC[C@]2(C)C3=C(CC[C@@]12C)[C@@]1(C)CCC(=O)C(C)(C)[C@@H]1CC3)C(=O)O. The van der Waals surface area contributed by atoms with Crippen LogP contribution < -0.4 is 0 Å². The van der Waals surface area contributed by atoms with E-state index in [2.05, 4.69) is 41.5 Å². The molecule has 184 valence electrons. The largest absolute Gasteiger partial charge is 0.478 e. The molecule has 0 aromatic carbocycles. The molecule has 0 heterocycles. The number of aliphatic carboxylic acids is 1. The summed E-state index contributed by atoms with van der Waals surface area (Å²) in [5.74, 6) is 1.47. The maximum absolute atomic E-state index is 12.8. The first-order valence-electron chi connectivity index (χ1n) is 13.5. The zero-order chi connectivity index (χ0) is 24.4. The Balaban J connectivity index is 1.61. The number of carboxylic acid groups (broad SMARTS) is 1. The van der Waals surface area contributed by atoms with Gasteiger partial charge in [0.1, 0.15) is 5.78 Å². The Kier molecular flexibility index (Phi) is 6.07. The molecule has 1 N–H and O–H groups in total. The van der Waals surface area contributed by atoms with Crippen molar-refractivity contribution in [3.63, 3.8) is 0 Å². The van der Waals surface area contributed by atoms with Gasteiger partial charge in [-0.15, -0.1) is 0 Å². The van der Waals surface area contributed by atoms with Gasteiger partial charge < -0.3 is 5.11 Å². The summed E-state index contributed by atoms with van der Waals surface area (Å²) in [5.41, 5.74) is 4.58. The quantitative estimate of drug-likeness (QED) is 0.341. The monoisotopic (exact) mass is 454 g/mol. The minimum Gasteiger partial charge on any atom is -0.478 e. The minimum absolute atomic E-state index is 0.193. The van der Waals surface area contributed by atoms with Gasteiger partial charge in [0.15, 0.2) is 0 Å². The Morgan fingerprint density at radius 3 is 2.39 bits per heavy atom. The van der Waals surface area contributed by atoms with Crippen LogP contribution in [0.15, 0.2) is 22.8 Å². The molecule has 4 aliphatic carbocycles. The summed E-state index contributed by atoms with van der Waals surface area (Å²) >= 11 is 0. The second-order valence-electron chi connectivity index (χ2n) is 13.3. The van der Waals surface area contributed by atoms with E-state index in [0.717, 1.165) is 25.7 Å². The van der Waals surface area contributed by atoms with Crippen LogP contribution in [-0.2, 0) is 9.59 Å². The van der Waals surface area contributed by atoms with E-state index in [-0.39, 0.29) is 16.2 Å². The first kappa shape index (κ1) is 24.7. The number of Topliss-reactive ketones (excluding diaryl/α,β-unsaturated/α-hetero) is 1. The highest BCUT2D eigenvalue weighted by Gasteiger charge is 2.63. The zero-order valence-electron chi connectivity index (χ0n) is 22.1. The van der Waals surface area contributed by atoms with E-state index in [4.69, 9.17) is 5.11 Å². The molecule has 0 saturated heterocycles. The van der Waals surface area contributed by atoms with Gasteiger partial charge in [-0.05, 0) is 98.7 Å². The molecule has 1 unspecified atom stereocenters. The van der Waals surface area contributed by atoms with Crippen LogP contribution in [0.5, 0.6) is 0 Å². The van der Waals surface area contributed by atoms with E-state index in [1.165, 1.54) is 38.5 Å². The smallest absolute Gasteiger partial charge is 0.330 e. The van der Waals surface area contributed by atoms with E-state index >= 15 is 0 Å². The lowest BCUT2D eigenvalue weighted by molar-refractivity contribution is -0.139. The van der Waals surface area contributed by atoms with Crippen molar-refractivity contribution in [2.24, 2.45) is 39.4 Å². The van der Waals surface area contributed by atoms with E-state index in [1.807, 2.05) is 6.08 Å². The molecule has 33 heavy (non-hydrogen) atoms. The van der Waals surface area contributed by atoms with Crippen LogP contribution in [0, 0.1) is 39.4 Å².